The van der Waals surface area contributed by atoms with Crippen LogP contribution in [0.2, 0.25) is 5.02 Å². The summed E-state index contributed by atoms with van der Waals surface area (Å²) >= 11 is 5.97. The van der Waals surface area contributed by atoms with Crippen molar-refractivity contribution >= 4 is 26.3 Å². The fourth-order valence-electron chi connectivity index (χ4n) is 1.77. The number of nitrogens with zero attached hydrogens (tertiary/aromatic N) is 2. The zero-order valence-electron chi connectivity index (χ0n) is 9.38. The Kier molecular flexibility index (Phi) is 3.28. The monoisotopic (exact) mass is 320 g/mol. The molecule has 88 valence electrons. The molecule has 0 unspecified atom stereocenters. The Balaban J connectivity index is 2.10. The molecule has 0 aliphatic carbocycles. The molecule has 0 bridgehead atoms. The minimum absolute atomic E-state index is 0.0546. The summed E-state index contributed by atoms with van der Waals surface area (Å²) in [7, 11) is 0. The molecular formula is C14H9ClN2Se. The molecule has 0 aliphatic rings. The second-order valence-electron chi connectivity index (χ2n) is 3.82. The van der Waals surface area contributed by atoms with Gasteiger partial charge >= 0.3 is 116 Å². The molecule has 0 radical (unpaired) electrons. The van der Waals surface area contributed by atoms with Crippen LogP contribution in [0.5, 0.6) is 0 Å². The Morgan fingerprint density at radius 1 is 0.833 bits per heavy atom. The number of hydrogen-bond acceptors (Lipinski definition) is 2. The fraction of sp³-hybridized carbons (Fsp3) is 0. The Morgan fingerprint density at radius 3 is 2.28 bits per heavy atom. The van der Waals surface area contributed by atoms with Crippen LogP contribution in [0.3, 0.4) is 0 Å². The van der Waals surface area contributed by atoms with Gasteiger partial charge in [-0.05, 0) is 0 Å². The average Bonchev–Trinajstić information content (AvgIpc) is 2.90. The van der Waals surface area contributed by atoms with E-state index in [1.807, 2.05) is 42.5 Å². The van der Waals surface area contributed by atoms with Gasteiger partial charge in [-0.3, -0.25) is 0 Å². The third-order valence-electron chi connectivity index (χ3n) is 2.64. The zero-order chi connectivity index (χ0) is 12.4. The molecule has 3 aromatic rings. The molecule has 0 N–H and O–H groups in total. The molecule has 1 aromatic heterocycles. The molecule has 4 heteroatoms. The van der Waals surface area contributed by atoms with E-state index in [9.17, 15) is 0 Å². The van der Waals surface area contributed by atoms with Crippen LogP contribution in [0, 0.1) is 0 Å². The third kappa shape index (κ3) is 2.25. The molecule has 0 aliphatic heterocycles. The summed E-state index contributed by atoms with van der Waals surface area (Å²) in [6.45, 7) is 0. The number of benzene rings is 2. The van der Waals surface area contributed by atoms with Gasteiger partial charge in [-0.25, -0.2) is 0 Å². The van der Waals surface area contributed by atoms with Gasteiger partial charge in [-0.15, -0.1) is 0 Å². The molecule has 0 amide bonds. The van der Waals surface area contributed by atoms with E-state index in [0.717, 1.165) is 21.8 Å². The van der Waals surface area contributed by atoms with Gasteiger partial charge in [0.1, 0.15) is 0 Å². The van der Waals surface area contributed by atoms with Gasteiger partial charge in [-0.1, -0.05) is 0 Å². The Morgan fingerprint density at radius 2 is 1.56 bits per heavy atom. The Hall–Kier alpha value is -1.41. The number of halogens is 1. The molecule has 0 saturated carbocycles. The van der Waals surface area contributed by atoms with Crippen LogP contribution < -0.4 is 0 Å². The molecule has 0 saturated heterocycles. The second kappa shape index (κ2) is 5.07. The number of aromatic nitrogens is 2. The van der Waals surface area contributed by atoms with Crippen molar-refractivity contribution in [2.45, 2.75) is 0 Å². The molecule has 18 heavy (non-hydrogen) atoms. The summed E-state index contributed by atoms with van der Waals surface area (Å²) in [5.41, 5.74) is 3.26. The van der Waals surface area contributed by atoms with Crippen LogP contribution >= 0.6 is 11.6 Å². The third-order valence-corrected chi connectivity index (χ3v) is 4.52. The molecule has 1 heterocycles. The van der Waals surface area contributed by atoms with Crippen LogP contribution in [0.1, 0.15) is 0 Å². The molecular weight excluding hydrogens is 311 g/mol. The van der Waals surface area contributed by atoms with Crippen molar-refractivity contribution in [3.63, 3.8) is 0 Å². The van der Waals surface area contributed by atoms with E-state index in [0.29, 0.717) is 0 Å². The van der Waals surface area contributed by atoms with Crippen molar-refractivity contribution < 1.29 is 0 Å². The van der Waals surface area contributed by atoms with E-state index >= 15 is 0 Å². The van der Waals surface area contributed by atoms with Gasteiger partial charge in [0.25, 0.3) is 0 Å². The summed E-state index contributed by atoms with van der Waals surface area (Å²) in [4.78, 5) is 0. The standard InChI is InChI=1S/C14H9ClN2Se/c15-12-8-6-11(7-9-12)14-13(16-17-18-14)10-4-2-1-3-5-10/h1-9H. The van der Waals surface area contributed by atoms with Gasteiger partial charge < -0.3 is 0 Å². The van der Waals surface area contributed by atoms with Crippen molar-refractivity contribution in [1.29, 1.82) is 0 Å². The molecule has 2 nitrogen and oxygen atoms in total. The maximum absolute atomic E-state index is 5.91. The van der Waals surface area contributed by atoms with Crippen LogP contribution in [-0.2, 0) is 0 Å². The Labute approximate surface area is 116 Å². The van der Waals surface area contributed by atoms with Crippen molar-refractivity contribution in [1.82, 2.24) is 9.19 Å². The summed E-state index contributed by atoms with van der Waals surface area (Å²) in [5.74, 6) is 0. The van der Waals surface area contributed by atoms with Crippen LogP contribution in [-0.4, -0.2) is 23.9 Å². The van der Waals surface area contributed by atoms with E-state index < -0.39 is 0 Å². The minimum atomic E-state index is 0.0546. The van der Waals surface area contributed by atoms with Crippen molar-refractivity contribution in [3.8, 4) is 21.3 Å². The predicted octanol–water partition coefficient (Wildman–Crippen LogP) is 3.52. The quantitative estimate of drug-likeness (QED) is 0.675. The summed E-state index contributed by atoms with van der Waals surface area (Å²) in [5, 5.41) is 5.04. The molecule has 0 spiro atoms. The van der Waals surface area contributed by atoms with Crippen molar-refractivity contribution in [2.24, 2.45) is 0 Å². The summed E-state index contributed by atoms with van der Waals surface area (Å²) in [6.07, 6.45) is 0. The van der Waals surface area contributed by atoms with E-state index in [1.54, 1.807) is 0 Å². The van der Waals surface area contributed by atoms with Crippen molar-refractivity contribution in [3.05, 3.63) is 59.6 Å². The molecule has 2 aromatic carbocycles. The summed E-state index contributed by atoms with van der Waals surface area (Å²) in [6, 6.07) is 18.0. The van der Waals surface area contributed by atoms with Crippen molar-refractivity contribution in [2.75, 3.05) is 0 Å². The SMILES string of the molecule is Clc1ccc(-c2[se]nnc2-c2ccccc2)cc1. The molecule has 0 fully saturated rings. The van der Waals surface area contributed by atoms with Crippen LogP contribution in [0.4, 0.5) is 0 Å². The first kappa shape index (κ1) is 11.7. The number of rotatable bonds is 2. The van der Waals surface area contributed by atoms with Gasteiger partial charge in [0.15, 0.2) is 0 Å². The Bertz CT molecular complexity index is 647. The van der Waals surface area contributed by atoms with Crippen LogP contribution in [0.15, 0.2) is 54.6 Å². The first-order chi connectivity index (χ1) is 8.84. The van der Waals surface area contributed by atoms with E-state index in [2.05, 4.69) is 21.3 Å². The van der Waals surface area contributed by atoms with E-state index in [1.165, 1.54) is 4.44 Å². The second-order valence-corrected chi connectivity index (χ2v) is 5.84. The van der Waals surface area contributed by atoms with Gasteiger partial charge in [0.05, 0.1) is 0 Å². The number of hydrogen-bond donors (Lipinski definition) is 0. The average molecular weight is 320 g/mol. The van der Waals surface area contributed by atoms with Gasteiger partial charge in [-0.2, -0.15) is 0 Å². The van der Waals surface area contributed by atoms with Gasteiger partial charge in [0.2, 0.25) is 0 Å². The predicted molar refractivity (Wildman–Crippen MR) is 74.9 cm³/mol. The molecule has 3 rings (SSSR count). The van der Waals surface area contributed by atoms with Gasteiger partial charge in [0, 0.05) is 0 Å². The normalized spacial score (nSPS) is 10.5. The topological polar surface area (TPSA) is 25.8 Å². The first-order valence-corrected chi connectivity index (χ1v) is 7.48. The van der Waals surface area contributed by atoms with Crippen LogP contribution in [0.25, 0.3) is 21.3 Å². The van der Waals surface area contributed by atoms with E-state index in [4.69, 9.17) is 11.6 Å². The fourth-order valence-corrected chi connectivity index (χ4v) is 3.34. The zero-order valence-corrected chi connectivity index (χ0v) is 11.8. The maximum atomic E-state index is 5.91. The van der Waals surface area contributed by atoms with E-state index in [-0.39, 0.29) is 14.7 Å². The molecule has 0 atom stereocenters. The summed E-state index contributed by atoms with van der Waals surface area (Å²) < 4.78 is 5.42. The first-order valence-electron chi connectivity index (χ1n) is 5.48.